The molecule has 0 fully saturated rings. The van der Waals surface area contributed by atoms with Gasteiger partial charge in [-0.1, -0.05) is 6.07 Å². The molecule has 6 heteroatoms. The summed E-state index contributed by atoms with van der Waals surface area (Å²) in [6.07, 6.45) is 1.76. The lowest BCUT2D eigenvalue weighted by Gasteiger charge is -2.21. The molecule has 1 amide bonds. The molecule has 0 spiro atoms. The largest absolute Gasteiger partial charge is 0.493 e. The maximum absolute atomic E-state index is 13.0. The smallest absolute Gasteiger partial charge is 0.415 e. The first-order valence-corrected chi connectivity index (χ1v) is 13.5. The number of rotatable bonds is 8. The standard InChI is InChI=1S/C33H40N2O4/c1-10-34(11-2)33(36)39-30-15-13-28-26(32(30)25-12-14-29(37-8)31(18-25)38-9)16-17-35(28)19-27-23(6)21(4)20(3)22(5)24(27)7/h12-18H,10-11,19H2,1-9H3. The number of ether oxygens (including phenoxy) is 3. The van der Waals surface area contributed by atoms with Crippen LogP contribution in [0.2, 0.25) is 0 Å². The van der Waals surface area contributed by atoms with Crippen molar-refractivity contribution < 1.29 is 19.0 Å². The van der Waals surface area contributed by atoms with E-state index in [1.54, 1.807) is 19.1 Å². The van der Waals surface area contributed by atoms with Crippen LogP contribution in [0.15, 0.2) is 42.6 Å². The van der Waals surface area contributed by atoms with Crippen LogP contribution in [0.4, 0.5) is 4.79 Å². The zero-order chi connectivity index (χ0) is 28.4. The molecule has 0 N–H and O–H groups in total. The lowest BCUT2D eigenvalue weighted by atomic mass is 9.89. The number of carbonyl (C=O) groups is 1. The van der Waals surface area contributed by atoms with Crippen LogP contribution in [0.5, 0.6) is 17.2 Å². The van der Waals surface area contributed by atoms with Crippen LogP contribution in [-0.2, 0) is 6.54 Å². The highest BCUT2D eigenvalue weighted by Crippen LogP contribution is 2.41. The van der Waals surface area contributed by atoms with E-state index in [1.807, 2.05) is 44.2 Å². The lowest BCUT2D eigenvalue weighted by molar-refractivity contribution is 0.157. The van der Waals surface area contributed by atoms with Gasteiger partial charge in [-0.2, -0.15) is 0 Å². The molecule has 0 atom stereocenters. The molecule has 0 saturated heterocycles. The fraction of sp³-hybridized carbons (Fsp3) is 0.364. The van der Waals surface area contributed by atoms with Crippen LogP contribution in [0, 0.1) is 34.6 Å². The minimum atomic E-state index is -0.364. The lowest BCUT2D eigenvalue weighted by Crippen LogP contribution is -2.33. The average Bonchev–Trinajstić information content (AvgIpc) is 3.35. The van der Waals surface area contributed by atoms with Crippen LogP contribution in [0.3, 0.4) is 0 Å². The Morgan fingerprint density at radius 2 is 1.36 bits per heavy atom. The Morgan fingerprint density at radius 3 is 1.95 bits per heavy atom. The van der Waals surface area contributed by atoms with E-state index in [0.29, 0.717) is 30.3 Å². The third kappa shape index (κ3) is 5.08. The van der Waals surface area contributed by atoms with E-state index in [-0.39, 0.29) is 6.09 Å². The molecule has 0 aliphatic carbocycles. The monoisotopic (exact) mass is 528 g/mol. The van der Waals surface area contributed by atoms with Crippen molar-refractivity contribution in [2.45, 2.75) is 55.0 Å². The molecule has 1 aromatic heterocycles. The van der Waals surface area contributed by atoms with Crippen molar-refractivity contribution in [3.05, 3.63) is 76.0 Å². The summed E-state index contributed by atoms with van der Waals surface area (Å²) in [4.78, 5) is 14.7. The SMILES string of the molecule is CCN(CC)C(=O)Oc1ccc2c(ccn2Cc2c(C)c(C)c(C)c(C)c2C)c1-c1ccc(OC)c(OC)c1. The van der Waals surface area contributed by atoms with Crippen molar-refractivity contribution in [1.29, 1.82) is 0 Å². The number of carbonyl (C=O) groups excluding carboxylic acids is 1. The normalized spacial score (nSPS) is 11.1. The number of methoxy groups -OCH3 is 2. The maximum Gasteiger partial charge on any atom is 0.415 e. The van der Waals surface area contributed by atoms with Gasteiger partial charge in [0.05, 0.1) is 14.2 Å². The van der Waals surface area contributed by atoms with Gasteiger partial charge in [-0.05, 0) is 118 Å². The fourth-order valence-corrected chi connectivity index (χ4v) is 5.39. The molecule has 1 heterocycles. The molecular formula is C33H40N2O4. The van der Waals surface area contributed by atoms with E-state index in [2.05, 4.69) is 51.4 Å². The van der Waals surface area contributed by atoms with Gasteiger partial charge in [0.2, 0.25) is 0 Å². The highest BCUT2D eigenvalue weighted by molar-refractivity contribution is 6.00. The van der Waals surface area contributed by atoms with Gasteiger partial charge in [-0.25, -0.2) is 4.79 Å². The molecule has 206 valence electrons. The highest BCUT2D eigenvalue weighted by atomic mass is 16.6. The predicted molar refractivity (Wildman–Crippen MR) is 159 cm³/mol. The van der Waals surface area contributed by atoms with Gasteiger partial charge in [0, 0.05) is 42.3 Å². The molecule has 0 aliphatic heterocycles. The van der Waals surface area contributed by atoms with Crippen molar-refractivity contribution >= 4 is 17.0 Å². The minimum Gasteiger partial charge on any atom is -0.493 e. The third-order valence-corrected chi connectivity index (χ3v) is 8.29. The Kier molecular flexibility index (Phi) is 8.24. The van der Waals surface area contributed by atoms with Gasteiger partial charge in [-0.15, -0.1) is 0 Å². The molecular weight excluding hydrogens is 488 g/mol. The summed E-state index contributed by atoms with van der Waals surface area (Å²) >= 11 is 0. The molecule has 39 heavy (non-hydrogen) atoms. The van der Waals surface area contributed by atoms with E-state index >= 15 is 0 Å². The number of aromatic nitrogens is 1. The Labute approximate surface area is 232 Å². The summed E-state index contributed by atoms with van der Waals surface area (Å²) in [5.74, 6) is 1.77. The van der Waals surface area contributed by atoms with Gasteiger partial charge in [0.15, 0.2) is 11.5 Å². The van der Waals surface area contributed by atoms with Crippen LogP contribution < -0.4 is 14.2 Å². The van der Waals surface area contributed by atoms with E-state index in [4.69, 9.17) is 14.2 Å². The first-order chi connectivity index (χ1) is 18.7. The molecule has 0 unspecified atom stereocenters. The van der Waals surface area contributed by atoms with E-state index in [1.165, 1.54) is 33.4 Å². The van der Waals surface area contributed by atoms with Crippen molar-refractivity contribution in [3.63, 3.8) is 0 Å². The second-order valence-electron chi connectivity index (χ2n) is 10.0. The molecule has 6 nitrogen and oxygen atoms in total. The van der Waals surface area contributed by atoms with Gasteiger partial charge >= 0.3 is 6.09 Å². The molecule has 0 bridgehead atoms. The number of amides is 1. The summed E-state index contributed by atoms with van der Waals surface area (Å²) in [5, 5.41) is 1.00. The minimum absolute atomic E-state index is 0.364. The van der Waals surface area contributed by atoms with Gasteiger partial charge in [-0.3, -0.25) is 0 Å². The van der Waals surface area contributed by atoms with Crippen molar-refractivity contribution in [1.82, 2.24) is 9.47 Å². The molecule has 4 aromatic rings. The van der Waals surface area contributed by atoms with Gasteiger partial charge in [0.25, 0.3) is 0 Å². The second-order valence-corrected chi connectivity index (χ2v) is 10.0. The van der Waals surface area contributed by atoms with Crippen LogP contribution in [0.25, 0.3) is 22.0 Å². The topological polar surface area (TPSA) is 52.9 Å². The molecule has 0 aliphatic rings. The van der Waals surface area contributed by atoms with E-state index < -0.39 is 0 Å². The summed E-state index contributed by atoms with van der Waals surface area (Å²) in [6.45, 7) is 16.9. The molecule has 0 radical (unpaired) electrons. The number of benzene rings is 3. The van der Waals surface area contributed by atoms with E-state index in [9.17, 15) is 4.79 Å². The van der Waals surface area contributed by atoms with Crippen molar-refractivity contribution in [2.24, 2.45) is 0 Å². The second kappa shape index (κ2) is 11.4. The molecule has 3 aromatic carbocycles. The Hall–Kier alpha value is -3.93. The maximum atomic E-state index is 13.0. The van der Waals surface area contributed by atoms with Crippen LogP contribution in [-0.4, -0.2) is 42.9 Å². The average molecular weight is 529 g/mol. The Morgan fingerprint density at radius 1 is 0.769 bits per heavy atom. The van der Waals surface area contributed by atoms with Crippen LogP contribution >= 0.6 is 0 Å². The zero-order valence-electron chi connectivity index (χ0n) is 24.7. The Bertz CT molecular complexity index is 1500. The first-order valence-electron chi connectivity index (χ1n) is 13.5. The van der Waals surface area contributed by atoms with Gasteiger partial charge < -0.3 is 23.7 Å². The fourth-order valence-electron chi connectivity index (χ4n) is 5.39. The number of hydrogen-bond donors (Lipinski definition) is 0. The summed E-state index contributed by atoms with van der Waals surface area (Å²) in [7, 11) is 3.24. The number of fused-ring (bicyclic) bond motifs is 1. The molecule has 4 rings (SSSR count). The quantitative estimate of drug-likeness (QED) is 0.235. The number of hydrogen-bond acceptors (Lipinski definition) is 4. The first kappa shape index (κ1) is 28.1. The van der Waals surface area contributed by atoms with Crippen LogP contribution in [0.1, 0.15) is 47.2 Å². The highest BCUT2D eigenvalue weighted by Gasteiger charge is 2.21. The predicted octanol–water partition coefficient (Wildman–Crippen LogP) is 7.76. The summed E-state index contributed by atoms with van der Waals surface area (Å²) in [6, 6.07) is 11.8. The van der Waals surface area contributed by atoms with Gasteiger partial charge in [0.1, 0.15) is 5.75 Å². The number of nitrogens with zero attached hydrogens (tertiary/aromatic N) is 2. The van der Waals surface area contributed by atoms with E-state index in [0.717, 1.165) is 28.6 Å². The molecule has 0 saturated carbocycles. The Balaban J connectivity index is 1.90. The third-order valence-electron chi connectivity index (χ3n) is 8.29. The summed E-state index contributed by atoms with van der Waals surface area (Å²) < 4.78 is 19.3. The van der Waals surface area contributed by atoms with Crippen molar-refractivity contribution in [3.8, 4) is 28.4 Å². The summed E-state index contributed by atoms with van der Waals surface area (Å²) in [5.41, 5.74) is 10.9. The van der Waals surface area contributed by atoms with Crippen molar-refractivity contribution in [2.75, 3.05) is 27.3 Å². The zero-order valence-corrected chi connectivity index (χ0v) is 24.7.